The average Bonchev–Trinajstić information content (AvgIpc) is 2.99. The van der Waals surface area contributed by atoms with Crippen LogP contribution in [0, 0.1) is 10.1 Å². The molecule has 0 aliphatic heterocycles. The maximum Gasteiger partial charge on any atom is 0.321 e. The second-order valence-corrected chi connectivity index (χ2v) is 6.08. The molecule has 0 spiro atoms. The molecule has 1 aromatic heterocycles. The molecule has 1 heterocycles. The van der Waals surface area contributed by atoms with Gasteiger partial charge in [-0.2, -0.15) is 8.78 Å². The third kappa shape index (κ3) is 3.64. The van der Waals surface area contributed by atoms with E-state index in [1.54, 1.807) is 24.3 Å². The molecule has 1 amide bonds. The lowest BCUT2D eigenvalue weighted by molar-refractivity contribution is -0.383. The Morgan fingerprint density at radius 3 is 2.65 bits per heavy atom. The zero-order valence-electron chi connectivity index (χ0n) is 13.1. The van der Waals surface area contributed by atoms with Gasteiger partial charge in [-0.3, -0.25) is 19.5 Å². The number of anilines is 1. The van der Waals surface area contributed by atoms with E-state index in [1.165, 1.54) is 24.3 Å². The fourth-order valence-electron chi connectivity index (χ4n) is 2.37. The maximum absolute atomic E-state index is 13.3. The minimum absolute atomic E-state index is 0.00101. The number of nitro benzene ring substituents is 1. The van der Waals surface area contributed by atoms with Gasteiger partial charge in [0.05, 0.1) is 21.7 Å². The molecule has 0 saturated heterocycles. The van der Waals surface area contributed by atoms with Gasteiger partial charge < -0.3 is 5.32 Å². The summed E-state index contributed by atoms with van der Waals surface area (Å²) in [6.07, 6.45) is 0. The van der Waals surface area contributed by atoms with Crippen LogP contribution in [0.3, 0.4) is 0 Å². The van der Waals surface area contributed by atoms with Gasteiger partial charge in [0.1, 0.15) is 5.69 Å². The first-order valence-corrected chi connectivity index (χ1v) is 8.37. The molecule has 0 unspecified atom stereocenters. The van der Waals surface area contributed by atoms with E-state index in [4.69, 9.17) is 0 Å². The van der Waals surface area contributed by atoms with Gasteiger partial charge >= 0.3 is 6.55 Å². The zero-order valence-corrected chi connectivity index (χ0v) is 14.0. The number of aromatic nitrogens is 2. The van der Waals surface area contributed by atoms with Gasteiger partial charge in [-0.1, -0.05) is 36.0 Å². The number of nitrogens with zero attached hydrogens (tertiary/aromatic N) is 3. The van der Waals surface area contributed by atoms with Crippen molar-refractivity contribution in [1.29, 1.82) is 0 Å². The highest BCUT2D eigenvalue weighted by Gasteiger charge is 2.20. The minimum atomic E-state index is -2.80. The van der Waals surface area contributed by atoms with E-state index in [-0.39, 0.29) is 27.8 Å². The molecular weight excluding hydrogens is 366 g/mol. The molecule has 0 atom stereocenters. The van der Waals surface area contributed by atoms with Crippen molar-refractivity contribution in [3.8, 4) is 0 Å². The summed E-state index contributed by atoms with van der Waals surface area (Å²) in [6, 6.07) is 12.1. The summed E-state index contributed by atoms with van der Waals surface area (Å²) < 4.78 is 27.4. The number of rotatable bonds is 6. The molecule has 2 aromatic carbocycles. The Hall–Kier alpha value is -3.01. The molecule has 0 aliphatic carbocycles. The van der Waals surface area contributed by atoms with Crippen molar-refractivity contribution in [2.24, 2.45) is 0 Å². The molecule has 0 fully saturated rings. The Balaban J connectivity index is 1.75. The predicted molar refractivity (Wildman–Crippen MR) is 93.4 cm³/mol. The highest BCUT2D eigenvalue weighted by atomic mass is 32.2. The van der Waals surface area contributed by atoms with Crippen molar-refractivity contribution in [3.63, 3.8) is 0 Å². The highest BCUT2D eigenvalue weighted by molar-refractivity contribution is 7.99. The minimum Gasteiger partial charge on any atom is -0.320 e. The lowest BCUT2D eigenvalue weighted by Crippen LogP contribution is -2.15. The molecule has 0 aliphatic rings. The van der Waals surface area contributed by atoms with Crippen molar-refractivity contribution in [3.05, 3.63) is 58.6 Å². The van der Waals surface area contributed by atoms with E-state index in [2.05, 4.69) is 10.3 Å². The van der Waals surface area contributed by atoms with E-state index < -0.39 is 17.4 Å². The number of imidazole rings is 1. The fourth-order valence-corrected chi connectivity index (χ4v) is 3.18. The van der Waals surface area contributed by atoms with E-state index >= 15 is 0 Å². The Labute approximate surface area is 150 Å². The van der Waals surface area contributed by atoms with Crippen molar-refractivity contribution < 1.29 is 18.5 Å². The number of halogens is 2. The number of carbonyl (C=O) groups excluding carboxylic acids is 1. The molecule has 10 heteroatoms. The van der Waals surface area contributed by atoms with Gasteiger partial charge in [-0.25, -0.2) is 4.98 Å². The standard InChI is InChI=1S/C16H12F2N4O3S/c17-15(18)21-12-7-3-1-5-10(12)20-16(21)26-9-14(23)19-11-6-2-4-8-13(11)22(24)25/h1-8,15H,9H2,(H,19,23). The zero-order chi connectivity index (χ0) is 18.7. The number of nitrogens with one attached hydrogen (secondary N) is 1. The molecule has 0 radical (unpaired) electrons. The van der Waals surface area contributed by atoms with Gasteiger partial charge in [0.2, 0.25) is 5.91 Å². The number of amides is 1. The highest BCUT2D eigenvalue weighted by Crippen LogP contribution is 2.29. The molecule has 0 saturated carbocycles. The number of benzene rings is 2. The van der Waals surface area contributed by atoms with Gasteiger partial charge in [0.15, 0.2) is 5.16 Å². The Morgan fingerprint density at radius 2 is 1.92 bits per heavy atom. The third-order valence-electron chi connectivity index (χ3n) is 3.47. The van der Waals surface area contributed by atoms with Crippen LogP contribution in [0.2, 0.25) is 0 Å². The maximum atomic E-state index is 13.3. The number of nitro groups is 1. The molecule has 3 aromatic rings. The first-order chi connectivity index (χ1) is 12.5. The second-order valence-electron chi connectivity index (χ2n) is 5.14. The second kappa shape index (κ2) is 7.48. The summed E-state index contributed by atoms with van der Waals surface area (Å²) in [4.78, 5) is 26.5. The Morgan fingerprint density at radius 1 is 1.23 bits per heavy atom. The van der Waals surface area contributed by atoms with E-state index in [0.717, 1.165) is 16.3 Å². The number of alkyl halides is 2. The number of thioether (sulfide) groups is 1. The van der Waals surface area contributed by atoms with Gasteiger partial charge in [-0.15, -0.1) is 0 Å². The predicted octanol–water partition coefficient (Wildman–Crippen LogP) is 4.07. The molecule has 134 valence electrons. The first kappa shape index (κ1) is 17.8. The normalized spacial score (nSPS) is 11.0. The van der Waals surface area contributed by atoms with Crippen LogP contribution in [0.15, 0.2) is 53.7 Å². The number of hydrogen-bond donors (Lipinski definition) is 1. The SMILES string of the molecule is O=C(CSc1nc2ccccc2n1C(F)F)Nc1ccccc1[N+](=O)[O-]. The van der Waals surface area contributed by atoms with Crippen molar-refractivity contribution >= 4 is 40.1 Å². The van der Waals surface area contributed by atoms with Crippen molar-refractivity contribution in [1.82, 2.24) is 9.55 Å². The van der Waals surface area contributed by atoms with Crippen molar-refractivity contribution in [2.75, 3.05) is 11.1 Å². The average molecular weight is 378 g/mol. The molecule has 7 nitrogen and oxygen atoms in total. The molecular formula is C16H12F2N4O3S. The summed E-state index contributed by atoms with van der Waals surface area (Å²) in [5, 5.41) is 13.4. The number of hydrogen-bond acceptors (Lipinski definition) is 5. The molecule has 26 heavy (non-hydrogen) atoms. The van der Waals surface area contributed by atoms with Crippen LogP contribution in [-0.4, -0.2) is 26.1 Å². The van der Waals surface area contributed by atoms with Gasteiger partial charge in [0, 0.05) is 6.07 Å². The number of para-hydroxylation sites is 4. The molecule has 3 rings (SSSR count). The first-order valence-electron chi connectivity index (χ1n) is 7.38. The van der Waals surface area contributed by atoms with E-state index in [1.807, 2.05) is 0 Å². The third-order valence-corrected chi connectivity index (χ3v) is 4.42. The topological polar surface area (TPSA) is 90.1 Å². The monoisotopic (exact) mass is 378 g/mol. The summed E-state index contributed by atoms with van der Waals surface area (Å²) in [6.45, 7) is -2.80. The van der Waals surface area contributed by atoms with Crippen LogP contribution >= 0.6 is 11.8 Å². The molecule has 0 bridgehead atoms. The number of carbonyl (C=O) groups is 1. The summed E-state index contributed by atoms with van der Waals surface area (Å²) in [7, 11) is 0. The van der Waals surface area contributed by atoms with Crippen LogP contribution in [0.1, 0.15) is 6.55 Å². The van der Waals surface area contributed by atoms with Crippen LogP contribution in [0.25, 0.3) is 11.0 Å². The van der Waals surface area contributed by atoms with Crippen LogP contribution < -0.4 is 5.32 Å². The van der Waals surface area contributed by atoms with Crippen LogP contribution in [-0.2, 0) is 4.79 Å². The van der Waals surface area contributed by atoms with Gasteiger partial charge in [-0.05, 0) is 18.2 Å². The van der Waals surface area contributed by atoms with E-state index in [0.29, 0.717) is 5.52 Å². The fraction of sp³-hybridized carbons (Fsp3) is 0.125. The summed E-state index contributed by atoms with van der Waals surface area (Å²) in [5.41, 5.74) is 0.467. The van der Waals surface area contributed by atoms with Crippen LogP contribution in [0.4, 0.5) is 20.2 Å². The lowest BCUT2D eigenvalue weighted by Gasteiger charge is -2.08. The molecule has 1 N–H and O–H groups in total. The van der Waals surface area contributed by atoms with E-state index in [9.17, 15) is 23.7 Å². The van der Waals surface area contributed by atoms with Crippen LogP contribution in [0.5, 0.6) is 0 Å². The smallest absolute Gasteiger partial charge is 0.320 e. The number of fused-ring (bicyclic) bond motifs is 1. The summed E-state index contributed by atoms with van der Waals surface area (Å²) >= 11 is 0.833. The lowest BCUT2D eigenvalue weighted by atomic mass is 10.2. The van der Waals surface area contributed by atoms with Crippen molar-refractivity contribution in [2.45, 2.75) is 11.7 Å². The Kier molecular flexibility index (Phi) is 5.12. The van der Waals surface area contributed by atoms with Gasteiger partial charge in [0.25, 0.3) is 5.69 Å². The largest absolute Gasteiger partial charge is 0.321 e. The quantitative estimate of drug-likeness (QED) is 0.397. The summed E-state index contributed by atoms with van der Waals surface area (Å²) in [5.74, 6) is -0.778. The Bertz CT molecular complexity index is 977.